The molecule has 1 aromatic carbocycles. The van der Waals surface area contributed by atoms with E-state index in [0.717, 1.165) is 6.20 Å². The Balaban J connectivity index is 2.37. The number of para-hydroxylation sites is 2. The summed E-state index contributed by atoms with van der Waals surface area (Å²) in [5.41, 5.74) is 0.551. The molecule has 0 saturated carbocycles. The fraction of sp³-hybridized carbons (Fsp3) is 0.143. The standard InChI is InChI=1S/C14H13FN2O2/c1-17(12-5-3-4-6-13(12)19-2)14(18)10-7-8-16-9-11(10)15/h3-9H,1-2H3. The molecule has 0 fully saturated rings. The van der Waals surface area contributed by atoms with E-state index in [1.807, 2.05) is 0 Å². The molecule has 0 spiro atoms. The summed E-state index contributed by atoms with van der Waals surface area (Å²) in [5, 5.41) is 0. The van der Waals surface area contributed by atoms with Crippen molar-refractivity contribution in [2.45, 2.75) is 0 Å². The van der Waals surface area contributed by atoms with Crippen LogP contribution < -0.4 is 9.64 Å². The van der Waals surface area contributed by atoms with Crippen LogP contribution in [0.15, 0.2) is 42.7 Å². The zero-order chi connectivity index (χ0) is 13.8. The van der Waals surface area contributed by atoms with Crippen LogP contribution in [0.4, 0.5) is 10.1 Å². The number of halogens is 1. The number of methoxy groups -OCH3 is 1. The second-order valence-corrected chi connectivity index (χ2v) is 3.89. The van der Waals surface area contributed by atoms with Crippen molar-refractivity contribution < 1.29 is 13.9 Å². The molecule has 0 atom stereocenters. The highest BCUT2D eigenvalue weighted by molar-refractivity contribution is 6.06. The van der Waals surface area contributed by atoms with Crippen molar-refractivity contribution in [2.24, 2.45) is 0 Å². The number of pyridine rings is 1. The van der Waals surface area contributed by atoms with Crippen LogP contribution in [0.5, 0.6) is 5.75 Å². The van der Waals surface area contributed by atoms with Crippen LogP contribution in [0.1, 0.15) is 10.4 Å². The molecule has 1 heterocycles. The molecule has 2 aromatic rings. The summed E-state index contributed by atoms with van der Waals surface area (Å²) in [7, 11) is 3.09. The van der Waals surface area contributed by atoms with Crippen LogP contribution in [0, 0.1) is 5.82 Å². The minimum atomic E-state index is -0.644. The molecule has 5 heteroatoms. The number of nitrogens with zero attached hydrogens (tertiary/aromatic N) is 2. The van der Waals surface area contributed by atoms with E-state index in [-0.39, 0.29) is 5.56 Å². The van der Waals surface area contributed by atoms with E-state index in [2.05, 4.69) is 4.98 Å². The molecule has 0 radical (unpaired) electrons. The lowest BCUT2D eigenvalue weighted by molar-refractivity contribution is 0.0988. The second kappa shape index (κ2) is 5.48. The van der Waals surface area contributed by atoms with Crippen molar-refractivity contribution in [2.75, 3.05) is 19.1 Å². The molecule has 98 valence electrons. The van der Waals surface area contributed by atoms with Gasteiger partial charge in [-0.25, -0.2) is 4.39 Å². The molecule has 0 bridgehead atoms. The summed E-state index contributed by atoms with van der Waals surface area (Å²) < 4.78 is 18.7. The maximum absolute atomic E-state index is 13.6. The Kier molecular flexibility index (Phi) is 3.75. The average molecular weight is 260 g/mol. The predicted molar refractivity (Wildman–Crippen MR) is 69.9 cm³/mol. The number of hydrogen-bond donors (Lipinski definition) is 0. The summed E-state index contributed by atoms with van der Waals surface area (Å²) in [5.74, 6) is -0.550. The van der Waals surface area contributed by atoms with Gasteiger partial charge < -0.3 is 9.64 Å². The molecule has 0 N–H and O–H groups in total. The molecular weight excluding hydrogens is 247 g/mol. The molecule has 4 nitrogen and oxygen atoms in total. The Morgan fingerprint density at radius 3 is 2.74 bits per heavy atom. The summed E-state index contributed by atoms with van der Waals surface area (Å²) in [4.78, 5) is 17.2. The van der Waals surface area contributed by atoms with Gasteiger partial charge in [-0.15, -0.1) is 0 Å². The first-order valence-corrected chi connectivity index (χ1v) is 5.65. The Morgan fingerprint density at radius 1 is 1.32 bits per heavy atom. The van der Waals surface area contributed by atoms with Crippen LogP contribution in [0.2, 0.25) is 0 Å². The van der Waals surface area contributed by atoms with Crippen molar-refractivity contribution >= 4 is 11.6 Å². The fourth-order valence-electron chi connectivity index (χ4n) is 1.75. The van der Waals surface area contributed by atoms with Crippen LogP contribution in [-0.2, 0) is 0 Å². The number of hydrogen-bond acceptors (Lipinski definition) is 3. The monoisotopic (exact) mass is 260 g/mol. The van der Waals surface area contributed by atoms with E-state index in [0.29, 0.717) is 11.4 Å². The van der Waals surface area contributed by atoms with Crippen molar-refractivity contribution in [3.8, 4) is 5.75 Å². The normalized spacial score (nSPS) is 10.1. The lowest BCUT2D eigenvalue weighted by atomic mass is 10.2. The van der Waals surface area contributed by atoms with Crippen molar-refractivity contribution in [1.82, 2.24) is 4.98 Å². The molecule has 0 aliphatic heterocycles. The molecule has 0 aliphatic rings. The molecule has 2 rings (SSSR count). The van der Waals surface area contributed by atoms with Gasteiger partial charge in [-0.3, -0.25) is 9.78 Å². The van der Waals surface area contributed by atoms with Gasteiger partial charge in [-0.05, 0) is 18.2 Å². The van der Waals surface area contributed by atoms with Gasteiger partial charge >= 0.3 is 0 Å². The van der Waals surface area contributed by atoms with Gasteiger partial charge in [-0.1, -0.05) is 12.1 Å². The third-order valence-electron chi connectivity index (χ3n) is 2.75. The summed E-state index contributed by atoms with van der Waals surface area (Å²) in [6.07, 6.45) is 2.40. The van der Waals surface area contributed by atoms with E-state index in [4.69, 9.17) is 4.74 Å². The minimum absolute atomic E-state index is 0.0246. The van der Waals surface area contributed by atoms with E-state index >= 15 is 0 Å². The molecule has 0 aliphatic carbocycles. The first kappa shape index (κ1) is 13.0. The number of amides is 1. The van der Waals surface area contributed by atoms with Gasteiger partial charge in [0.05, 0.1) is 24.6 Å². The fourth-order valence-corrected chi connectivity index (χ4v) is 1.75. The smallest absolute Gasteiger partial charge is 0.261 e. The van der Waals surface area contributed by atoms with E-state index in [1.54, 1.807) is 31.3 Å². The van der Waals surface area contributed by atoms with Crippen molar-refractivity contribution in [3.63, 3.8) is 0 Å². The van der Waals surface area contributed by atoms with E-state index < -0.39 is 11.7 Å². The van der Waals surface area contributed by atoms with Crippen molar-refractivity contribution in [1.29, 1.82) is 0 Å². The Bertz CT molecular complexity index is 602. The first-order chi connectivity index (χ1) is 9.15. The van der Waals surface area contributed by atoms with Gasteiger partial charge in [0.2, 0.25) is 0 Å². The second-order valence-electron chi connectivity index (χ2n) is 3.89. The van der Waals surface area contributed by atoms with E-state index in [9.17, 15) is 9.18 Å². The number of benzene rings is 1. The molecule has 0 saturated heterocycles. The summed E-state index contributed by atoms with van der Waals surface area (Å²) in [6, 6.07) is 8.40. The SMILES string of the molecule is COc1ccccc1N(C)C(=O)c1ccncc1F. The number of carbonyl (C=O) groups is 1. The Morgan fingerprint density at radius 2 is 2.05 bits per heavy atom. The van der Waals surface area contributed by atoms with E-state index in [1.165, 1.54) is 24.3 Å². The number of rotatable bonds is 3. The maximum atomic E-state index is 13.6. The van der Waals surface area contributed by atoms with Crippen LogP contribution in [-0.4, -0.2) is 25.0 Å². The highest BCUT2D eigenvalue weighted by Gasteiger charge is 2.19. The van der Waals surface area contributed by atoms with Crippen molar-refractivity contribution in [3.05, 3.63) is 54.1 Å². The van der Waals surface area contributed by atoms with Gasteiger partial charge in [0, 0.05) is 13.2 Å². The van der Waals surface area contributed by atoms with Gasteiger partial charge in [-0.2, -0.15) is 0 Å². The summed E-state index contributed by atoms with van der Waals surface area (Å²) >= 11 is 0. The highest BCUT2D eigenvalue weighted by Crippen LogP contribution is 2.27. The molecule has 0 unspecified atom stereocenters. The number of aromatic nitrogens is 1. The van der Waals surface area contributed by atoms with Gasteiger partial charge in [0.25, 0.3) is 5.91 Å². The average Bonchev–Trinajstić information content (AvgIpc) is 2.46. The molecule has 1 amide bonds. The quantitative estimate of drug-likeness (QED) is 0.851. The van der Waals surface area contributed by atoms with Crippen LogP contribution in [0.25, 0.3) is 0 Å². The third kappa shape index (κ3) is 2.54. The lowest BCUT2D eigenvalue weighted by Gasteiger charge is -2.20. The Hall–Kier alpha value is -2.43. The zero-order valence-electron chi connectivity index (χ0n) is 10.6. The molecular formula is C14H13FN2O2. The van der Waals surface area contributed by atoms with Gasteiger partial charge in [0.15, 0.2) is 5.82 Å². The predicted octanol–water partition coefficient (Wildman–Crippen LogP) is 2.51. The highest BCUT2D eigenvalue weighted by atomic mass is 19.1. The topological polar surface area (TPSA) is 42.4 Å². The minimum Gasteiger partial charge on any atom is -0.495 e. The van der Waals surface area contributed by atoms with Crippen LogP contribution >= 0.6 is 0 Å². The third-order valence-corrected chi connectivity index (χ3v) is 2.75. The number of carbonyl (C=O) groups excluding carboxylic acids is 1. The maximum Gasteiger partial charge on any atom is 0.261 e. The van der Waals surface area contributed by atoms with Gasteiger partial charge in [0.1, 0.15) is 5.75 Å². The molecule has 19 heavy (non-hydrogen) atoms. The summed E-state index contributed by atoms with van der Waals surface area (Å²) in [6.45, 7) is 0. The number of anilines is 1. The lowest BCUT2D eigenvalue weighted by Crippen LogP contribution is -2.27. The zero-order valence-corrected chi connectivity index (χ0v) is 10.6. The largest absolute Gasteiger partial charge is 0.495 e. The van der Waals surface area contributed by atoms with Crippen LogP contribution in [0.3, 0.4) is 0 Å². The Labute approximate surface area is 110 Å². The molecule has 1 aromatic heterocycles. The first-order valence-electron chi connectivity index (χ1n) is 5.65. The number of ether oxygens (including phenoxy) is 1.